The molecule has 0 bridgehead atoms. The van der Waals surface area contributed by atoms with Crippen molar-refractivity contribution < 1.29 is 0 Å². The van der Waals surface area contributed by atoms with Gasteiger partial charge in [-0.3, -0.25) is 9.88 Å². The molecular weight excluding hydrogens is 234 g/mol. The van der Waals surface area contributed by atoms with Crippen LogP contribution in [0.15, 0.2) is 54.9 Å². The molecule has 1 aromatic heterocycles. The third kappa shape index (κ3) is 3.88. The summed E-state index contributed by atoms with van der Waals surface area (Å²) < 4.78 is 0. The highest BCUT2D eigenvalue weighted by Gasteiger charge is 2.15. The number of rotatable bonds is 6. The standard InChI is InChI=1S/C16H21N3/c1-14(16-7-3-2-4-8-16)19(11-9-17)13-15-6-5-10-18-12-15/h2-8,10,12,14H,9,11,13,17H2,1H3. The first-order chi connectivity index (χ1) is 9.31. The van der Waals surface area contributed by atoms with E-state index >= 15 is 0 Å². The van der Waals surface area contributed by atoms with Gasteiger partial charge in [0, 0.05) is 38.1 Å². The van der Waals surface area contributed by atoms with E-state index in [0.717, 1.165) is 13.1 Å². The third-order valence-electron chi connectivity index (χ3n) is 3.35. The van der Waals surface area contributed by atoms with Crippen molar-refractivity contribution in [2.45, 2.75) is 19.5 Å². The molecule has 0 spiro atoms. The molecule has 1 atom stereocenters. The average Bonchev–Trinajstić information content (AvgIpc) is 2.48. The number of nitrogens with zero attached hydrogens (tertiary/aromatic N) is 2. The van der Waals surface area contributed by atoms with Crippen LogP contribution < -0.4 is 5.73 Å². The van der Waals surface area contributed by atoms with Crippen molar-refractivity contribution in [1.82, 2.24) is 9.88 Å². The summed E-state index contributed by atoms with van der Waals surface area (Å²) in [6.45, 7) is 4.64. The Balaban J connectivity index is 2.11. The minimum atomic E-state index is 0.352. The molecule has 1 unspecified atom stereocenters. The lowest BCUT2D eigenvalue weighted by molar-refractivity contribution is 0.207. The molecule has 2 aromatic rings. The van der Waals surface area contributed by atoms with Gasteiger partial charge in [0.1, 0.15) is 0 Å². The number of hydrogen-bond donors (Lipinski definition) is 1. The highest BCUT2D eigenvalue weighted by atomic mass is 15.2. The highest BCUT2D eigenvalue weighted by molar-refractivity contribution is 5.19. The summed E-state index contributed by atoms with van der Waals surface area (Å²) >= 11 is 0. The normalized spacial score (nSPS) is 12.6. The third-order valence-corrected chi connectivity index (χ3v) is 3.35. The lowest BCUT2D eigenvalue weighted by Crippen LogP contribution is -2.31. The molecule has 0 aliphatic carbocycles. The molecule has 0 radical (unpaired) electrons. The lowest BCUT2D eigenvalue weighted by Gasteiger charge is -2.29. The number of benzene rings is 1. The van der Waals surface area contributed by atoms with Crippen molar-refractivity contribution in [3.05, 3.63) is 66.0 Å². The molecule has 0 aliphatic heterocycles. The second-order valence-electron chi connectivity index (χ2n) is 4.71. The number of hydrogen-bond acceptors (Lipinski definition) is 3. The average molecular weight is 255 g/mol. The van der Waals surface area contributed by atoms with Gasteiger partial charge in [0.2, 0.25) is 0 Å². The van der Waals surface area contributed by atoms with E-state index in [2.05, 4.69) is 47.1 Å². The maximum Gasteiger partial charge on any atom is 0.0323 e. The van der Waals surface area contributed by atoms with E-state index < -0.39 is 0 Å². The second-order valence-corrected chi connectivity index (χ2v) is 4.71. The van der Waals surface area contributed by atoms with Gasteiger partial charge < -0.3 is 5.73 Å². The van der Waals surface area contributed by atoms with Gasteiger partial charge in [-0.2, -0.15) is 0 Å². The smallest absolute Gasteiger partial charge is 0.0323 e. The van der Waals surface area contributed by atoms with Gasteiger partial charge in [0.05, 0.1) is 0 Å². The fraction of sp³-hybridized carbons (Fsp3) is 0.312. The fourth-order valence-corrected chi connectivity index (χ4v) is 2.24. The van der Waals surface area contributed by atoms with Crippen molar-refractivity contribution in [2.24, 2.45) is 5.73 Å². The van der Waals surface area contributed by atoms with Crippen LogP contribution in [-0.4, -0.2) is 23.0 Å². The van der Waals surface area contributed by atoms with Crippen LogP contribution in [0.3, 0.4) is 0 Å². The topological polar surface area (TPSA) is 42.1 Å². The van der Waals surface area contributed by atoms with Crippen LogP contribution in [-0.2, 0) is 6.54 Å². The maximum atomic E-state index is 5.74. The molecule has 2 N–H and O–H groups in total. The first-order valence-corrected chi connectivity index (χ1v) is 6.69. The first kappa shape index (κ1) is 13.7. The predicted molar refractivity (Wildman–Crippen MR) is 78.6 cm³/mol. The number of pyridine rings is 1. The van der Waals surface area contributed by atoms with Crippen LogP contribution in [0, 0.1) is 0 Å². The van der Waals surface area contributed by atoms with Crippen LogP contribution >= 0.6 is 0 Å². The Hall–Kier alpha value is -1.71. The molecule has 100 valence electrons. The fourth-order valence-electron chi connectivity index (χ4n) is 2.24. The van der Waals surface area contributed by atoms with E-state index in [9.17, 15) is 0 Å². The Morgan fingerprint density at radius 3 is 2.58 bits per heavy atom. The Bertz CT molecular complexity index is 470. The summed E-state index contributed by atoms with van der Waals surface area (Å²) in [6, 6.07) is 15.0. The molecule has 0 amide bonds. The molecule has 3 heteroatoms. The monoisotopic (exact) mass is 255 g/mol. The van der Waals surface area contributed by atoms with E-state index in [-0.39, 0.29) is 0 Å². The molecule has 0 fully saturated rings. The summed E-state index contributed by atoms with van der Waals surface area (Å²) in [5.74, 6) is 0. The predicted octanol–water partition coefficient (Wildman–Crippen LogP) is 2.60. The molecule has 1 aromatic carbocycles. The van der Waals surface area contributed by atoms with Crippen LogP contribution in [0.4, 0.5) is 0 Å². The summed E-state index contributed by atoms with van der Waals surface area (Å²) in [5.41, 5.74) is 8.28. The van der Waals surface area contributed by atoms with Crippen molar-refractivity contribution in [3.63, 3.8) is 0 Å². The van der Waals surface area contributed by atoms with E-state index in [0.29, 0.717) is 12.6 Å². The van der Waals surface area contributed by atoms with Gasteiger partial charge in [-0.1, -0.05) is 36.4 Å². The summed E-state index contributed by atoms with van der Waals surface area (Å²) in [7, 11) is 0. The van der Waals surface area contributed by atoms with E-state index in [1.807, 2.05) is 18.3 Å². The Labute approximate surface area is 115 Å². The molecule has 1 heterocycles. The number of aromatic nitrogens is 1. The zero-order valence-electron chi connectivity index (χ0n) is 11.4. The largest absolute Gasteiger partial charge is 0.329 e. The minimum absolute atomic E-state index is 0.352. The van der Waals surface area contributed by atoms with Gasteiger partial charge in [0.15, 0.2) is 0 Å². The van der Waals surface area contributed by atoms with Gasteiger partial charge in [-0.25, -0.2) is 0 Å². The Kier molecular flexibility index (Phi) is 5.07. The van der Waals surface area contributed by atoms with Crippen LogP contribution in [0.2, 0.25) is 0 Å². The van der Waals surface area contributed by atoms with E-state index in [1.54, 1.807) is 6.20 Å². The quantitative estimate of drug-likeness (QED) is 0.862. The van der Waals surface area contributed by atoms with Gasteiger partial charge in [-0.15, -0.1) is 0 Å². The molecule has 19 heavy (non-hydrogen) atoms. The van der Waals surface area contributed by atoms with E-state index in [1.165, 1.54) is 11.1 Å². The Morgan fingerprint density at radius 2 is 1.95 bits per heavy atom. The minimum Gasteiger partial charge on any atom is -0.329 e. The van der Waals surface area contributed by atoms with Crippen molar-refractivity contribution >= 4 is 0 Å². The van der Waals surface area contributed by atoms with Crippen LogP contribution in [0.1, 0.15) is 24.1 Å². The number of nitrogens with two attached hydrogens (primary N) is 1. The summed E-state index contributed by atoms with van der Waals surface area (Å²) in [6.07, 6.45) is 3.72. The van der Waals surface area contributed by atoms with Gasteiger partial charge >= 0.3 is 0 Å². The van der Waals surface area contributed by atoms with Crippen LogP contribution in [0.25, 0.3) is 0 Å². The molecular formula is C16H21N3. The molecule has 0 saturated carbocycles. The van der Waals surface area contributed by atoms with Crippen LogP contribution in [0.5, 0.6) is 0 Å². The molecule has 0 aliphatic rings. The summed E-state index contributed by atoms with van der Waals surface area (Å²) in [4.78, 5) is 6.55. The first-order valence-electron chi connectivity index (χ1n) is 6.69. The Morgan fingerprint density at radius 1 is 1.16 bits per heavy atom. The van der Waals surface area contributed by atoms with Crippen molar-refractivity contribution in [3.8, 4) is 0 Å². The molecule has 2 rings (SSSR count). The second kappa shape index (κ2) is 7.02. The lowest BCUT2D eigenvalue weighted by atomic mass is 10.1. The summed E-state index contributed by atoms with van der Waals surface area (Å²) in [5, 5.41) is 0. The SMILES string of the molecule is CC(c1ccccc1)N(CCN)Cc1cccnc1. The maximum absolute atomic E-state index is 5.74. The zero-order chi connectivity index (χ0) is 13.5. The van der Waals surface area contributed by atoms with E-state index in [4.69, 9.17) is 5.73 Å². The zero-order valence-corrected chi connectivity index (χ0v) is 11.4. The van der Waals surface area contributed by atoms with Crippen molar-refractivity contribution in [1.29, 1.82) is 0 Å². The van der Waals surface area contributed by atoms with Crippen molar-refractivity contribution in [2.75, 3.05) is 13.1 Å². The highest BCUT2D eigenvalue weighted by Crippen LogP contribution is 2.21. The van der Waals surface area contributed by atoms with Gasteiger partial charge in [-0.05, 0) is 24.1 Å². The van der Waals surface area contributed by atoms with Gasteiger partial charge in [0.25, 0.3) is 0 Å². The molecule has 0 saturated heterocycles. The molecule has 3 nitrogen and oxygen atoms in total.